The molecule has 2 aromatic rings. The van der Waals surface area contributed by atoms with Gasteiger partial charge in [0.1, 0.15) is 5.75 Å². The molecule has 2 rings (SSSR count). The summed E-state index contributed by atoms with van der Waals surface area (Å²) in [5.41, 5.74) is 1.12. The summed E-state index contributed by atoms with van der Waals surface area (Å²) >= 11 is 0. The van der Waals surface area contributed by atoms with Gasteiger partial charge in [-0.1, -0.05) is 30.3 Å². The SMILES string of the molecule is O=C(NCCC(O)c1ccccc1)c1ccc(OC(F)F)cc1. The Balaban J connectivity index is 1.80. The van der Waals surface area contributed by atoms with E-state index >= 15 is 0 Å². The predicted molar refractivity (Wildman–Crippen MR) is 81.4 cm³/mol. The second-order valence-electron chi connectivity index (χ2n) is 4.87. The Bertz CT molecular complexity index is 617. The number of aliphatic hydroxyl groups excluding tert-OH is 1. The number of benzene rings is 2. The van der Waals surface area contributed by atoms with E-state index in [0.717, 1.165) is 5.56 Å². The highest BCUT2D eigenvalue weighted by atomic mass is 19.3. The lowest BCUT2D eigenvalue weighted by Gasteiger charge is -2.12. The highest BCUT2D eigenvalue weighted by molar-refractivity contribution is 5.94. The van der Waals surface area contributed by atoms with Gasteiger partial charge in [0.15, 0.2) is 0 Å². The number of ether oxygens (including phenoxy) is 1. The van der Waals surface area contributed by atoms with E-state index in [-0.39, 0.29) is 11.7 Å². The number of alkyl halides is 2. The first-order chi connectivity index (χ1) is 11.1. The molecule has 4 nitrogen and oxygen atoms in total. The summed E-state index contributed by atoms with van der Waals surface area (Å²) in [5, 5.41) is 12.7. The first-order valence-corrected chi connectivity index (χ1v) is 7.12. The number of amides is 1. The van der Waals surface area contributed by atoms with Gasteiger partial charge >= 0.3 is 6.61 Å². The van der Waals surface area contributed by atoms with Crippen molar-refractivity contribution in [1.29, 1.82) is 0 Å². The van der Waals surface area contributed by atoms with Crippen LogP contribution in [0, 0.1) is 0 Å². The Morgan fingerprint density at radius 3 is 2.35 bits per heavy atom. The molecule has 0 saturated heterocycles. The van der Waals surface area contributed by atoms with Crippen LogP contribution in [0.4, 0.5) is 8.78 Å². The van der Waals surface area contributed by atoms with Crippen molar-refractivity contribution < 1.29 is 23.4 Å². The topological polar surface area (TPSA) is 58.6 Å². The molecule has 122 valence electrons. The Kier molecular flexibility index (Phi) is 6.05. The van der Waals surface area contributed by atoms with Crippen LogP contribution in [0.1, 0.15) is 28.4 Å². The second-order valence-corrected chi connectivity index (χ2v) is 4.87. The zero-order valence-electron chi connectivity index (χ0n) is 12.3. The van der Waals surface area contributed by atoms with E-state index in [4.69, 9.17) is 0 Å². The van der Waals surface area contributed by atoms with Crippen LogP contribution in [0.3, 0.4) is 0 Å². The number of rotatable bonds is 7. The molecule has 0 aliphatic rings. The Morgan fingerprint density at radius 2 is 1.74 bits per heavy atom. The molecule has 1 unspecified atom stereocenters. The normalized spacial score (nSPS) is 12.0. The van der Waals surface area contributed by atoms with E-state index < -0.39 is 12.7 Å². The molecule has 23 heavy (non-hydrogen) atoms. The van der Waals surface area contributed by atoms with Crippen molar-refractivity contribution >= 4 is 5.91 Å². The third-order valence-electron chi connectivity index (χ3n) is 3.23. The Morgan fingerprint density at radius 1 is 1.09 bits per heavy atom. The summed E-state index contributed by atoms with van der Waals surface area (Å²) in [7, 11) is 0. The molecule has 2 N–H and O–H groups in total. The lowest BCUT2D eigenvalue weighted by atomic mass is 10.1. The number of hydrogen-bond donors (Lipinski definition) is 2. The fourth-order valence-electron chi connectivity index (χ4n) is 2.05. The van der Waals surface area contributed by atoms with E-state index in [1.807, 2.05) is 30.3 Å². The first kappa shape index (κ1) is 16.9. The number of halogens is 2. The molecule has 0 bridgehead atoms. The van der Waals surface area contributed by atoms with Crippen molar-refractivity contribution in [3.63, 3.8) is 0 Å². The number of carbonyl (C=O) groups excluding carboxylic acids is 1. The lowest BCUT2D eigenvalue weighted by molar-refractivity contribution is -0.0498. The van der Waals surface area contributed by atoms with E-state index in [9.17, 15) is 18.7 Å². The molecule has 1 amide bonds. The summed E-state index contributed by atoms with van der Waals surface area (Å²) in [6.45, 7) is -2.60. The van der Waals surface area contributed by atoms with Gasteiger partial charge in [-0.15, -0.1) is 0 Å². The summed E-state index contributed by atoms with van der Waals surface area (Å²) in [6, 6.07) is 14.6. The predicted octanol–water partition coefficient (Wildman–Crippen LogP) is 3.14. The quantitative estimate of drug-likeness (QED) is 0.824. The van der Waals surface area contributed by atoms with Gasteiger partial charge in [-0.2, -0.15) is 8.78 Å². The zero-order chi connectivity index (χ0) is 16.7. The van der Waals surface area contributed by atoms with Gasteiger partial charge in [0.25, 0.3) is 5.91 Å². The fraction of sp³-hybridized carbons (Fsp3) is 0.235. The molecule has 0 heterocycles. The molecule has 2 aromatic carbocycles. The molecule has 1 atom stereocenters. The highest BCUT2D eigenvalue weighted by Gasteiger charge is 2.10. The van der Waals surface area contributed by atoms with Gasteiger partial charge in [0, 0.05) is 12.1 Å². The van der Waals surface area contributed by atoms with Crippen LogP contribution in [0.5, 0.6) is 5.75 Å². The number of hydrogen-bond acceptors (Lipinski definition) is 3. The average Bonchev–Trinajstić information content (AvgIpc) is 2.55. The molecule has 6 heteroatoms. The molecular weight excluding hydrogens is 304 g/mol. The minimum absolute atomic E-state index is 0.00366. The minimum atomic E-state index is -2.89. The molecule has 0 radical (unpaired) electrons. The van der Waals surface area contributed by atoms with Crippen LogP contribution < -0.4 is 10.1 Å². The van der Waals surface area contributed by atoms with Gasteiger partial charge in [0.2, 0.25) is 0 Å². The van der Waals surface area contributed by atoms with Crippen molar-refractivity contribution in [1.82, 2.24) is 5.32 Å². The third kappa shape index (κ3) is 5.34. The largest absolute Gasteiger partial charge is 0.435 e. The van der Waals surface area contributed by atoms with Crippen LogP contribution in [-0.2, 0) is 0 Å². The van der Waals surface area contributed by atoms with E-state index in [1.54, 1.807) is 0 Å². The summed E-state index contributed by atoms with van der Waals surface area (Å²) < 4.78 is 28.3. The average molecular weight is 321 g/mol. The minimum Gasteiger partial charge on any atom is -0.435 e. The summed E-state index contributed by atoms with van der Waals surface area (Å²) in [4.78, 5) is 11.9. The van der Waals surface area contributed by atoms with Crippen molar-refractivity contribution in [3.05, 3.63) is 65.7 Å². The molecule has 0 aliphatic carbocycles. The lowest BCUT2D eigenvalue weighted by Crippen LogP contribution is -2.25. The maximum atomic E-state index is 12.0. The Labute approximate surface area is 132 Å². The van der Waals surface area contributed by atoms with Gasteiger partial charge in [-0.05, 0) is 36.2 Å². The smallest absolute Gasteiger partial charge is 0.387 e. The number of carbonyl (C=O) groups is 1. The molecule has 0 saturated carbocycles. The summed E-state index contributed by atoms with van der Waals surface area (Å²) in [6.07, 6.45) is -0.277. The van der Waals surface area contributed by atoms with Crippen molar-refractivity contribution in [2.45, 2.75) is 19.1 Å². The van der Waals surface area contributed by atoms with Crippen LogP contribution in [0.25, 0.3) is 0 Å². The molecule has 0 fully saturated rings. The monoisotopic (exact) mass is 321 g/mol. The van der Waals surface area contributed by atoms with Crippen LogP contribution >= 0.6 is 0 Å². The van der Waals surface area contributed by atoms with Gasteiger partial charge < -0.3 is 15.2 Å². The van der Waals surface area contributed by atoms with Gasteiger partial charge in [-0.25, -0.2) is 0 Å². The van der Waals surface area contributed by atoms with Crippen molar-refractivity contribution in [2.24, 2.45) is 0 Å². The standard InChI is InChI=1S/C17H17F2NO3/c18-17(19)23-14-8-6-13(7-9-14)16(22)20-11-10-15(21)12-4-2-1-3-5-12/h1-9,15,17,21H,10-11H2,(H,20,22). The maximum absolute atomic E-state index is 12.0. The van der Waals surface area contributed by atoms with E-state index in [2.05, 4.69) is 10.1 Å². The number of aliphatic hydroxyl groups is 1. The summed E-state index contributed by atoms with van der Waals surface area (Å²) in [5.74, 6) is -0.343. The van der Waals surface area contributed by atoms with Crippen LogP contribution in [0.15, 0.2) is 54.6 Å². The van der Waals surface area contributed by atoms with Crippen LogP contribution in [-0.4, -0.2) is 24.2 Å². The Hall–Kier alpha value is -2.47. The first-order valence-electron chi connectivity index (χ1n) is 7.12. The molecule has 0 aliphatic heterocycles. The van der Waals surface area contributed by atoms with Crippen molar-refractivity contribution in [3.8, 4) is 5.75 Å². The third-order valence-corrected chi connectivity index (χ3v) is 3.23. The molecule has 0 spiro atoms. The molecular formula is C17H17F2NO3. The van der Waals surface area contributed by atoms with Crippen molar-refractivity contribution in [2.75, 3.05) is 6.54 Å². The van der Waals surface area contributed by atoms with Gasteiger partial charge in [-0.3, -0.25) is 4.79 Å². The molecule has 0 aromatic heterocycles. The zero-order valence-corrected chi connectivity index (χ0v) is 12.3. The fourth-order valence-corrected chi connectivity index (χ4v) is 2.05. The van der Waals surface area contributed by atoms with Crippen LogP contribution in [0.2, 0.25) is 0 Å². The maximum Gasteiger partial charge on any atom is 0.387 e. The van der Waals surface area contributed by atoms with E-state index in [1.165, 1.54) is 24.3 Å². The van der Waals surface area contributed by atoms with Gasteiger partial charge in [0.05, 0.1) is 6.10 Å². The highest BCUT2D eigenvalue weighted by Crippen LogP contribution is 2.16. The number of nitrogens with one attached hydrogen (secondary N) is 1. The van der Waals surface area contributed by atoms with E-state index in [0.29, 0.717) is 18.5 Å². The second kappa shape index (κ2) is 8.24.